The molecular formula is C17H11NO4. The molecule has 2 atom stereocenters. The molecule has 2 unspecified atom stereocenters. The molecule has 0 amide bonds. The lowest BCUT2D eigenvalue weighted by atomic mass is 9.82. The average Bonchev–Trinajstić information content (AvgIpc) is 2.57. The molecule has 2 aromatic carbocycles. The number of nitriles is 1. The molecule has 2 N–H and O–H groups in total. The van der Waals surface area contributed by atoms with E-state index in [1.54, 1.807) is 30.3 Å². The molecule has 0 fully saturated rings. The molecular weight excluding hydrogens is 282 g/mol. The van der Waals surface area contributed by atoms with Crippen LogP contribution in [0.4, 0.5) is 0 Å². The van der Waals surface area contributed by atoms with Gasteiger partial charge in [-0.05, 0) is 28.8 Å². The zero-order valence-electron chi connectivity index (χ0n) is 11.4. The minimum atomic E-state index is -1.56. The van der Waals surface area contributed by atoms with Gasteiger partial charge in [-0.3, -0.25) is 9.59 Å². The van der Waals surface area contributed by atoms with E-state index < -0.39 is 23.8 Å². The number of Topliss-reactive ketones (excluding diaryl/α,β-unsaturated/α-hetero) is 2. The van der Waals surface area contributed by atoms with Gasteiger partial charge < -0.3 is 10.2 Å². The van der Waals surface area contributed by atoms with Crippen molar-refractivity contribution in [3.05, 3.63) is 59.2 Å². The van der Waals surface area contributed by atoms with Crippen LogP contribution in [0.25, 0.3) is 11.1 Å². The van der Waals surface area contributed by atoms with Gasteiger partial charge in [0, 0.05) is 11.1 Å². The molecule has 0 aromatic heterocycles. The van der Waals surface area contributed by atoms with Gasteiger partial charge in [0.15, 0.2) is 6.10 Å². The summed E-state index contributed by atoms with van der Waals surface area (Å²) >= 11 is 0. The summed E-state index contributed by atoms with van der Waals surface area (Å²) in [5.74, 6) is -1.16. The standard InChI is InChI=1S/C17H11NO4/c18-8-14(19)15(20)9-5-6-12-13(7-9)10-3-1-2-4-11(10)16(21)17(12)22/h1-7,14-15,19-20H. The third kappa shape index (κ3) is 2.02. The first-order valence-corrected chi connectivity index (χ1v) is 6.62. The van der Waals surface area contributed by atoms with Gasteiger partial charge in [0.25, 0.3) is 0 Å². The second-order valence-electron chi connectivity index (χ2n) is 5.03. The maximum atomic E-state index is 12.1. The summed E-state index contributed by atoms with van der Waals surface area (Å²) < 4.78 is 0. The molecule has 5 heteroatoms. The maximum Gasteiger partial charge on any atom is 0.234 e. The summed E-state index contributed by atoms with van der Waals surface area (Å²) in [5, 5.41) is 28.1. The topological polar surface area (TPSA) is 98.4 Å². The Morgan fingerprint density at radius 3 is 2.09 bits per heavy atom. The molecule has 22 heavy (non-hydrogen) atoms. The smallest absolute Gasteiger partial charge is 0.234 e. The lowest BCUT2D eigenvalue weighted by molar-refractivity contribution is 0.0528. The van der Waals surface area contributed by atoms with Crippen LogP contribution < -0.4 is 0 Å². The van der Waals surface area contributed by atoms with Crippen molar-refractivity contribution in [2.45, 2.75) is 12.2 Å². The van der Waals surface area contributed by atoms with Crippen LogP contribution in [0.1, 0.15) is 32.4 Å². The molecule has 5 nitrogen and oxygen atoms in total. The SMILES string of the molecule is N#CC(O)C(O)c1ccc2c(c1)-c1ccccc1C(=O)C2=O. The van der Waals surface area contributed by atoms with Crippen LogP contribution in [0.3, 0.4) is 0 Å². The summed E-state index contributed by atoms with van der Waals surface area (Å²) in [7, 11) is 0. The fraction of sp³-hybridized carbons (Fsp3) is 0.118. The number of hydrogen-bond donors (Lipinski definition) is 2. The van der Waals surface area contributed by atoms with E-state index in [4.69, 9.17) is 5.26 Å². The van der Waals surface area contributed by atoms with E-state index in [2.05, 4.69) is 0 Å². The van der Waals surface area contributed by atoms with Crippen molar-refractivity contribution >= 4 is 11.6 Å². The molecule has 108 valence electrons. The third-order valence-corrected chi connectivity index (χ3v) is 3.73. The lowest BCUT2D eigenvalue weighted by Crippen LogP contribution is -2.22. The van der Waals surface area contributed by atoms with Crippen LogP contribution in [0.2, 0.25) is 0 Å². The van der Waals surface area contributed by atoms with Crippen molar-refractivity contribution in [2.24, 2.45) is 0 Å². The van der Waals surface area contributed by atoms with E-state index in [1.165, 1.54) is 18.2 Å². The highest BCUT2D eigenvalue weighted by Crippen LogP contribution is 2.35. The van der Waals surface area contributed by atoms with Crippen LogP contribution in [0.15, 0.2) is 42.5 Å². The third-order valence-electron chi connectivity index (χ3n) is 3.73. The quantitative estimate of drug-likeness (QED) is 0.648. The number of fused-ring (bicyclic) bond motifs is 3. The minimum Gasteiger partial charge on any atom is -0.385 e. The van der Waals surface area contributed by atoms with Gasteiger partial charge in [0.2, 0.25) is 11.6 Å². The van der Waals surface area contributed by atoms with E-state index in [0.29, 0.717) is 22.3 Å². The summed E-state index contributed by atoms with van der Waals surface area (Å²) in [6.45, 7) is 0. The number of hydrogen-bond acceptors (Lipinski definition) is 5. The van der Waals surface area contributed by atoms with Crippen LogP contribution in [0, 0.1) is 11.3 Å². The summed E-state index contributed by atoms with van der Waals surface area (Å²) in [6, 6.07) is 12.7. The molecule has 0 radical (unpaired) electrons. The Kier molecular flexibility index (Phi) is 3.33. The molecule has 0 aliphatic heterocycles. The molecule has 0 bridgehead atoms. The normalized spacial score (nSPS) is 15.5. The first-order chi connectivity index (χ1) is 10.5. The van der Waals surface area contributed by atoms with Gasteiger partial charge in [0.1, 0.15) is 6.10 Å². The number of aliphatic hydroxyl groups is 2. The molecule has 0 spiro atoms. The number of aliphatic hydroxyl groups excluding tert-OH is 2. The monoisotopic (exact) mass is 293 g/mol. The van der Waals surface area contributed by atoms with Crippen molar-refractivity contribution in [1.29, 1.82) is 5.26 Å². The van der Waals surface area contributed by atoms with Crippen molar-refractivity contribution in [3.8, 4) is 17.2 Å². The van der Waals surface area contributed by atoms with Crippen molar-refractivity contribution < 1.29 is 19.8 Å². The highest BCUT2D eigenvalue weighted by atomic mass is 16.3. The van der Waals surface area contributed by atoms with E-state index in [1.807, 2.05) is 0 Å². The highest BCUT2D eigenvalue weighted by molar-refractivity contribution is 6.52. The van der Waals surface area contributed by atoms with Crippen LogP contribution in [-0.2, 0) is 0 Å². The number of benzene rings is 2. The van der Waals surface area contributed by atoms with Gasteiger partial charge in [-0.15, -0.1) is 0 Å². The number of nitrogens with zero attached hydrogens (tertiary/aromatic N) is 1. The minimum absolute atomic E-state index is 0.256. The molecule has 0 saturated carbocycles. The summed E-state index contributed by atoms with van der Waals surface area (Å²) in [5.41, 5.74) is 1.99. The Hall–Kier alpha value is -2.81. The van der Waals surface area contributed by atoms with Gasteiger partial charge in [-0.1, -0.05) is 30.3 Å². The fourth-order valence-corrected chi connectivity index (χ4v) is 2.58. The number of rotatable bonds is 2. The van der Waals surface area contributed by atoms with E-state index in [-0.39, 0.29) is 5.56 Å². The Morgan fingerprint density at radius 2 is 1.45 bits per heavy atom. The van der Waals surface area contributed by atoms with Crippen LogP contribution in [-0.4, -0.2) is 27.9 Å². The first kappa shape index (κ1) is 14.1. The molecule has 0 saturated heterocycles. The molecule has 1 aliphatic carbocycles. The predicted octanol–water partition coefficient (Wildman–Crippen LogP) is 1.65. The summed E-state index contributed by atoms with van der Waals surface area (Å²) in [6.07, 6.45) is -2.94. The Morgan fingerprint density at radius 1 is 0.864 bits per heavy atom. The molecule has 1 aliphatic rings. The number of carbonyl (C=O) groups excluding carboxylic acids is 2. The van der Waals surface area contributed by atoms with Gasteiger partial charge in [-0.2, -0.15) is 5.26 Å². The van der Waals surface area contributed by atoms with E-state index in [9.17, 15) is 19.8 Å². The largest absolute Gasteiger partial charge is 0.385 e. The lowest BCUT2D eigenvalue weighted by Gasteiger charge is -2.20. The molecule has 0 heterocycles. The fourth-order valence-electron chi connectivity index (χ4n) is 2.58. The number of ketones is 2. The zero-order valence-corrected chi connectivity index (χ0v) is 11.4. The molecule has 3 rings (SSSR count). The summed E-state index contributed by atoms with van der Waals surface area (Å²) in [4.78, 5) is 24.2. The van der Waals surface area contributed by atoms with Crippen molar-refractivity contribution in [3.63, 3.8) is 0 Å². The first-order valence-electron chi connectivity index (χ1n) is 6.62. The molecule has 2 aromatic rings. The number of carbonyl (C=O) groups is 2. The van der Waals surface area contributed by atoms with Crippen LogP contribution >= 0.6 is 0 Å². The van der Waals surface area contributed by atoms with Crippen molar-refractivity contribution in [2.75, 3.05) is 0 Å². The second kappa shape index (κ2) is 5.19. The average molecular weight is 293 g/mol. The van der Waals surface area contributed by atoms with Gasteiger partial charge in [-0.25, -0.2) is 0 Å². The predicted molar refractivity (Wildman–Crippen MR) is 77.1 cm³/mol. The Bertz CT molecular complexity index is 835. The van der Waals surface area contributed by atoms with E-state index in [0.717, 1.165) is 0 Å². The van der Waals surface area contributed by atoms with Crippen molar-refractivity contribution in [1.82, 2.24) is 0 Å². The van der Waals surface area contributed by atoms with Crippen LogP contribution in [0.5, 0.6) is 0 Å². The van der Waals surface area contributed by atoms with Gasteiger partial charge >= 0.3 is 0 Å². The Balaban J connectivity index is 2.20. The van der Waals surface area contributed by atoms with E-state index >= 15 is 0 Å². The zero-order chi connectivity index (χ0) is 15.9. The van der Waals surface area contributed by atoms with Gasteiger partial charge in [0.05, 0.1) is 6.07 Å². The maximum absolute atomic E-state index is 12.1. The Labute approximate surface area is 126 Å². The highest BCUT2D eigenvalue weighted by Gasteiger charge is 2.31. The second-order valence-corrected chi connectivity index (χ2v) is 5.03.